The quantitative estimate of drug-likeness (QED) is 0.306. The van der Waals surface area contributed by atoms with Crippen molar-refractivity contribution in [2.45, 2.75) is 81.6 Å². The summed E-state index contributed by atoms with van der Waals surface area (Å²) in [6, 6.07) is 3.30. The van der Waals surface area contributed by atoms with Crippen LogP contribution in [0.2, 0.25) is 0 Å². The summed E-state index contributed by atoms with van der Waals surface area (Å²) in [4.78, 5) is 42.9. The molecule has 5 rings (SSSR count). The third kappa shape index (κ3) is 3.76. The van der Waals surface area contributed by atoms with Gasteiger partial charge in [0.15, 0.2) is 11.4 Å². The van der Waals surface area contributed by atoms with Crippen LogP contribution in [0.3, 0.4) is 0 Å². The van der Waals surface area contributed by atoms with Gasteiger partial charge in [-0.3, -0.25) is 19.3 Å². The summed E-state index contributed by atoms with van der Waals surface area (Å²) in [5, 5.41) is 60.3. The summed E-state index contributed by atoms with van der Waals surface area (Å²) in [5.74, 6) is -7.99. The number of aromatic hydroxyl groups is 1. The van der Waals surface area contributed by atoms with E-state index in [4.69, 9.17) is 0 Å². The van der Waals surface area contributed by atoms with Gasteiger partial charge in [-0.2, -0.15) is 0 Å². The molecule has 1 saturated carbocycles. The van der Waals surface area contributed by atoms with Crippen molar-refractivity contribution in [3.63, 3.8) is 0 Å². The maximum atomic E-state index is 14.1. The Balaban J connectivity index is 1.68. The summed E-state index contributed by atoms with van der Waals surface area (Å²) >= 11 is 0. The van der Waals surface area contributed by atoms with E-state index in [2.05, 4.69) is 5.32 Å². The Hall–Kier alpha value is -3.21. The molecule has 4 aliphatic rings. The van der Waals surface area contributed by atoms with Gasteiger partial charge in [0.2, 0.25) is 5.78 Å². The van der Waals surface area contributed by atoms with E-state index in [1.54, 1.807) is 33.2 Å². The van der Waals surface area contributed by atoms with Crippen LogP contribution in [-0.2, 0) is 9.59 Å². The lowest BCUT2D eigenvalue weighted by Gasteiger charge is -2.53. The zero-order valence-corrected chi connectivity index (χ0v) is 23.3. The van der Waals surface area contributed by atoms with Crippen LogP contribution in [-0.4, -0.2) is 85.3 Å². The van der Waals surface area contributed by atoms with Crippen LogP contribution >= 0.6 is 0 Å². The Morgan fingerprint density at radius 2 is 1.75 bits per heavy atom. The molecule has 0 unspecified atom stereocenters. The number of nitrogens with zero attached hydrogens (tertiary/aromatic N) is 1. The van der Waals surface area contributed by atoms with E-state index in [1.807, 2.05) is 6.92 Å². The van der Waals surface area contributed by atoms with Crippen molar-refractivity contribution in [2.75, 3.05) is 14.1 Å². The summed E-state index contributed by atoms with van der Waals surface area (Å²) in [6.45, 7) is 3.65. The summed E-state index contributed by atoms with van der Waals surface area (Å²) in [6.07, 6.45) is 3.26. The monoisotopic (exact) mass is 554 g/mol. The molecule has 0 radical (unpaired) electrons. The van der Waals surface area contributed by atoms with Crippen LogP contribution in [0.4, 0.5) is 0 Å². The van der Waals surface area contributed by atoms with Crippen LogP contribution in [0.1, 0.15) is 74.2 Å². The standard InChI is InChI=1S/C30H38N2O8/c1-5-29(12-7-6-8-13-29)31-28(39)20-25(36)22(32(3)4)21-24(35)17-14(2)15-10-9-11-16(33)18(15)23(34)19(17)26(37)30(21,40)27(20)38/h9-11,14,17,21-22,24,33,35-37,40H,5-8,12-13H2,1-4H3,(H,31,39)/t14-,17-,21+,22-,24-,30-/m0/s1. The molecule has 40 heavy (non-hydrogen) atoms. The fourth-order valence-electron chi connectivity index (χ4n) is 7.66. The smallest absolute Gasteiger partial charge is 0.258 e. The van der Waals surface area contributed by atoms with Crippen molar-refractivity contribution in [1.82, 2.24) is 10.2 Å². The van der Waals surface area contributed by atoms with Crippen LogP contribution in [0.25, 0.3) is 0 Å². The van der Waals surface area contributed by atoms with Gasteiger partial charge in [-0.15, -0.1) is 0 Å². The number of aliphatic hydroxyl groups excluding tert-OH is 3. The first-order valence-electron chi connectivity index (χ1n) is 14.0. The van der Waals surface area contributed by atoms with E-state index in [1.165, 1.54) is 11.0 Å². The molecule has 0 aliphatic heterocycles. The molecular weight excluding hydrogens is 516 g/mol. The molecule has 4 aliphatic carbocycles. The van der Waals surface area contributed by atoms with E-state index in [0.717, 1.165) is 19.3 Å². The number of amides is 1. The lowest BCUT2D eigenvalue weighted by Crippen LogP contribution is -2.69. The molecule has 1 fully saturated rings. The van der Waals surface area contributed by atoms with Crippen molar-refractivity contribution in [1.29, 1.82) is 0 Å². The van der Waals surface area contributed by atoms with Crippen molar-refractivity contribution in [3.05, 3.63) is 52.0 Å². The summed E-state index contributed by atoms with van der Waals surface area (Å²) in [7, 11) is 3.13. The van der Waals surface area contributed by atoms with Crippen molar-refractivity contribution >= 4 is 17.5 Å². The highest BCUT2D eigenvalue weighted by Gasteiger charge is 2.67. The van der Waals surface area contributed by atoms with Crippen LogP contribution in [0, 0.1) is 11.8 Å². The van der Waals surface area contributed by atoms with E-state index in [-0.39, 0.29) is 16.9 Å². The molecule has 6 N–H and O–H groups in total. The zero-order chi connectivity index (χ0) is 29.3. The molecule has 10 heteroatoms. The maximum absolute atomic E-state index is 14.1. The number of phenolic OH excluding ortho intramolecular Hbond substituents is 1. The number of nitrogens with one attached hydrogen (secondary N) is 1. The summed E-state index contributed by atoms with van der Waals surface area (Å²) in [5.41, 5.74) is -4.15. The number of benzene rings is 1. The molecular formula is C30H38N2O8. The van der Waals surface area contributed by atoms with Gasteiger partial charge in [-0.25, -0.2) is 0 Å². The van der Waals surface area contributed by atoms with Gasteiger partial charge in [0.1, 0.15) is 22.8 Å². The molecule has 0 spiro atoms. The van der Waals surface area contributed by atoms with Gasteiger partial charge in [0.05, 0.1) is 23.6 Å². The third-order valence-electron chi connectivity index (χ3n) is 9.84. The highest BCUT2D eigenvalue weighted by Crippen LogP contribution is 2.55. The van der Waals surface area contributed by atoms with Gasteiger partial charge in [-0.1, -0.05) is 45.2 Å². The van der Waals surface area contributed by atoms with E-state index in [9.17, 15) is 39.9 Å². The average Bonchev–Trinajstić information content (AvgIpc) is 2.91. The number of likely N-dealkylation sites (N-methyl/N-ethyl adjacent to an activating group) is 1. The molecule has 0 heterocycles. The Bertz CT molecular complexity index is 1340. The second-order valence-electron chi connectivity index (χ2n) is 12.1. The number of carbonyl (C=O) groups is 3. The second kappa shape index (κ2) is 9.71. The predicted molar refractivity (Wildman–Crippen MR) is 145 cm³/mol. The topological polar surface area (TPSA) is 168 Å². The molecule has 1 amide bonds. The lowest BCUT2D eigenvalue weighted by molar-refractivity contribution is -0.162. The molecule has 0 saturated heterocycles. The molecule has 1 aromatic rings. The minimum absolute atomic E-state index is 0.0759. The van der Waals surface area contributed by atoms with Crippen molar-refractivity contribution in [2.24, 2.45) is 11.8 Å². The van der Waals surface area contributed by atoms with Gasteiger partial charge >= 0.3 is 0 Å². The van der Waals surface area contributed by atoms with Crippen molar-refractivity contribution < 1.29 is 39.9 Å². The number of ketones is 2. The first-order valence-corrected chi connectivity index (χ1v) is 14.0. The predicted octanol–water partition coefficient (Wildman–Crippen LogP) is 2.40. The van der Waals surface area contributed by atoms with Gasteiger partial charge in [0, 0.05) is 17.0 Å². The second-order valence-corrected chi connectivity index (χ2v) is 12.1. The van der Waals surface area contributed by atoms with Gasteiger partial charge in [-0.05, 0) is 50.9 Å². The number of carbonyl (C=O) groups excluding carboxylic acids is 3. The Kier molecular flexibility index (Phi) is 6.88. The molecule has 0 aromatic heterocycles. The van der Waals surface area contributed by atoms with Crippen LogP contribution < -0.4 is 5.32 Å². The largest absolute Gasteiger partial charge is 0.510 e. The number of fused-ring (bicyclic) bond motifs is 3. The molecule has 6 atom stereocenters. The van der Waals surface area contributed by atoms with Gasteiger partial charge < -0.3 is 30.8 Å². The first kappa shape index (κ1) is 28.3. The normalized spacial score (nSPS) is 33.4. The first-order chi connectivity index (χ1) is 18.8. The number of hydrogen-bond donors (Lipinski definition) is 6. The SMILES string of the molecule is CCC1(NC(=O)C2=C(O)[C@@H](N(C)C)[C@@H]3[C@@H](O)[C@@H]4C(=C(O)[C@]3(O)C2=O)C(=O)c2c(O)cccc2[C@@H]4C)CCCCC1. The number of hydrogen-bond acceptors (Lipinski definition) is 9. The molecule has 10 nitrogen and oxygen atoms in total. The zero-order valence-electron chi connectivity index (χ0n) is 23.3. The minimum Gasteiger partial charge on any atom is -0.510 e. The minimum atomic E-state index is -2.87. The van der Waals surface area contributed by atoms with Crippen LogP contribution in [0.5, 0.6) is 5.75 Å². The molecule has 1 aromatic carbocycles. The lowest BCUT2D eigenvalue weighted by atomic mass is 9.55. The maximum Gasteiger partial charge on any atom is 0.258 e. The molecule has 216 valence electrons. The number of phenols is 1. The Labute approximate surface area is 233 Å². The highest BCUT2D eigenvalue weighted by atomic mass is 16.4. The van der Waals surface area contributed by atoms with Gasteiger partial charge in [0.25, 0.3) is 5.91 Å². The van der Waals surface area contributed by atoms with Crippen LogP contribution in [0.15, 0.2) is 40.9 Å². The number of aliphatic hydroxyl groups is 4. The Morgan fingerprint density at radius 3 is 2.35 bits per heavy atom. The number of rotatable bonds is 4. The average molecular weight is 555 g/mol. The number of Topliss-reactive ketones (excluding diaryl/α,β-unsaturated/α-hetero) is 2. The van der Waals surface area contributed by atoms with E-state index >= 15 is 0 Å². The third-order valence-corrected chi connectivity index (χ3v) is 9.84. The fourth-order valence-corrected chi connectivity index (χ4v) is 7.66. The molecule has 0 bridgehead atoms. The fraction of sp³-hybridized carbons (Fsp3) is 0.567. The Morgan fingerprint density at radius 1 is 1.10 bits per heavy atom. The highest BCUT2D eigenvalue weighted by molar-refractivity contribution is 6.25. The van der Waals surface area contributed by atoms with Crippen molar-refractivity contribution in [3.8, 4) is 5.75 Å². The summed E-state index contributed by atoms with van der Waals surface area (Å²) < 4.78 is 0. The van der Waals surface area contributed by atoms with E-state index in [0.29, 0.717) is 24.8 Å². The van der Waals surface area contributed by atoms with E-state index < -0.39 is 75.6 Å².